The highest BCUT2D eigenvalue weighted by atomic mass is 19.1. The van der Waals surface area contributed by atoms with Gasteiger partial charge in [-0.3, -0.25) is 4.79 Å². The van der Waals surface area contributed by atoms with Gasteiger partial charge in [0.2, 0.25) is 0 Å². The lowest BCUT2D eigenvalue weighted by atomic mass is 9.72. The van der Waals surface area contributed by atoms with Gasteiger partial charge in [-0.1, -0.05) is 6.42 Å². The third-order valence-corrected chi connectivity index (χ3v) is 10.3. The van der Waals surface area contributed by atoms with Crippen molar-refractivity contribution in [1.82, 2.24) is 29.3 Å². The molecule has 4 aromatic rings. The van der Waals surface area contributed by atoms with Crippen LogP contribution >= 0.6 is 0 Å². The standard InChI is InChI=1S/C37H47FN6O5/c1-36(2,3)49-35(46)39-26-17-25(38)19-43(20-26)34(45)23-14-27-31(29(16-23)48-6)42(5)33(40-27)28-15-22-12-13-30(37(4,47)24-8-7-9-24)41-32(22)44(28)18-21-10-11-21/h12-16,21,24-26,47H,7-11,17-20H2,1-6H3,(H,39,46)/t25-,26-,37?/m1/s1. The minimum Gasteiger partial charge on any atom is -0.494 e. The number of piperidine rings is 1. The summed E-state index contributed by atoms with van der Waals surface area (Å²) in [5.41, 5.74) is 2.36. The average molecular weight is 675 g/mol. The number of nitrogens with one attached hydrogen (secondary N) is 1. The molecule has 7 rings (SSSR count). The minimum atomic E-state index is -1.30. The van der Waals surface area contributed by atoms with E-state index in [0.29, 0.717) is 34.3 Å². The van der Waals surface area contributed by atoms with Crippen molar-refractivity contribution in [3.63, 3.8) is 0 Å². The zero-order chi connectivity index (χ0) is 34.8. The highest BCUT2D eigenvalue weighted by molar-refractivity contribution is 6.00. The third kappa shape index (κ3) is 6.47. The van der Waals surface area contributed by atoms with Crippen LogP contribution in [-0.2, 0) is 23.9 Å². The number of carbonyl (C=O) groups excluding carboxylic acids is 2. The molecule has 3 fully saturated rings. The predicted octanol–water partition coefficient (Wildman–Crippen LogP) is 6.09. The molecule has 3 atom stereocenters. The number of aliphatic hydroxyl groups is 1. The van der Waals surface area contributed by atoms with Crippen LogP contribution in [-0.4, -0.2) is 79.1 Å². The molecule has 3 aliphatic rings. The molecule has 2 saturated carbocycles. The molecule has 2 amide bonds. The summed E-state index contributed by atoms with van der Waals surface area (Å²) in [6.07, 6.45) is 3.61. The molecule has 4 heterocycles. The van der Waals surface area contributed by atoms with E-state index in [2.05, 4.69) is 16.0 Å². The van der Waals surface area contributed by atoms with Crippen molar-refractivity contribution in [2.45, 2.75) is 96.2 Å². The molecule has 11 nitrogen and oxygen atoms in total. The molecule has 12 heteroatoms. The Morgan fingerprint density at radius 3 is 2.47 bits per heavy atom. The van der Waals surface area contributed by atoms with Gasteiger partial charge in [-0.05, 0) is 95.5 Å². The second-order valence-electron chi connectivity index (χ2n) is 15.4. The molecular weight excluding hydrogens is 627 g/mol. The number of carbonyl (C=O) groups is 2. The molecule has 0 spiro atoms. The fraction of sp³-hybridized carbons (Fsp3) is 0.568. The number of hydrogen-bond acceptors (Lipinski definition) is 7. The van der Waals surface area contributed by atoms with Crippen molar-refractivity contribution in [2.75, 3.05) is 20.2 Å². The molecule has 0 bridgehead atoms. The van der Waals surface area contributed by atoms with Crippen LogP contribution < -0.4 is 10.1 Å². The molecule has 49 heavy (non-hydrogen) atoms. The van der Waals surface area contributed by atoms with Crippen molar-refractivity contribution in [2.24, 2.45) is 18.9 Å². The Balaban J connectivity index is 1.23. The molecular formula is C37H47FN6O5. The summed E-state index contributed by atoms with van der Waals surface area (Å²) in [5.74, 6) is 1.57. The number of methoxy groups -OCH3 is 1. The Morgan fingerprint density at radius 1 is 1.06 bits per heavy atom. The highest BCUT2D eigenvalue weighted by Gasteiger charge is 2.39. The van der Waals surface area contributed by atoms with Crippen LogP contribution in [0.5, 0.6) is 5.75 Å². The van der Waals surface area contributed by atoms with Crippen LogP contribution in [0.1, 0.15) is 82.3 Å². The molecule has 1 unspecified atom stereocenters. The van der Waals surface area contributed by atoms with Crippen molar-refractivity contribution >= 4 is 34.1 Å². The van der Waals surface area contributed by atoms with Gasteiger partial charge in [0, 0.05) is 37.5 Å². The van der Waals surface area contributed by atoms with Crippen LogP contribution in [0.25, 0.3) is 33.6 Å². The zero-order valence-corrected chi connectivity index (χ0v) is 29.3. The van der Waals surface area contributed by atoms with E-state index in [0.717, 1.165) is 60.9 Å². The molecule has 3 aromatic heterocycles. The van der Waals surface area contributed by atoms with Crippen molar-refractivity contribution in [3.8, 4) is 17.3 Å². The van der Waals surface area contributed by atoms with Crippen LogP contribution in [0.4, 0.5) is 9.18 Å². The van der Waals surface area contributed by atoms with Crippen LogP contribution in [0, 0.1) is 11.8 Å². The quantitative estimate of drug-likeness (QED) is 0.232. The molecule has 262 valence electrons. The molecule has 1 aromatic carbocycles. The number of halogens is 1. The predicted molar refractivity (Wildman–Crippen MR) is 184 cm³/mol. The van der Waals surface area contributed by atoms with Gasteiger partial charge >= 0.3 is 6.09 Å². The van der Waals surface area contributed by atoms with Crippen LogP contribution in [0.15, 0.2) is 30.3 Å². The molecule has 1 aliphatic heterocycles. The van der Waals surface area contributed by atoms with Gasteiger partial charge in [0.15, 0.2) is 5.82 Å². The van der Waals surface area contributed by atoms with Gasteiger partial charge in [-0.15, -0.1) is 0 Å². The number of likely N-dealkylation sites (tertiary alicyclic amines) is 1. The number of alkyl halides is 1. The first-order valence-electron chi connectivity index (χ1n) is 17.4. The largest absolute Gasteiger partial charge is 0.494 e. The first kappa shape index (κ1) is 33.3. The zero-order valence-electron chi connectivity index (χ0n) is 29.3. The maximum atomic E-state index is 14.9. The summed E-state index contributed by atoms with van der Waals surface area (Å²) in [6.45, 7) is 8.02. The van der Waals surface area contributed by atoms with Gasteiger partial charge in [-0.2, -0.15) is 0 Å². The second-order valence-corrected chi connectivity index (χ2v) is 15.4. The van der Waals surface area contributed by atoms with E-state index in [1.165, 1.54) is 4.90 Å². The van der Waals surface area contributed by atoms with Crippen LogP contribution in [0.2, 0.25) is 0 Å². The Labute approximate surface area is 285 Å². The molecule has 2 aliphatic carbocycles. The SMILES string of the molecule is COc1cc(C(=O)N2C[C@H](F)C[C@@H](NC(=O)OC(C)(C)C)C2)cc2nc(-c3cc4ccc(C(C)(O)C5CCC5)nc4n3CC3CC3)n(C)c12. The number of alkyl carbamates (subject to hydrolysis) is 1. The number of fused-ring (bicyclic) bond motifs is 2. The summed E-state index contributed by atoms with van der Waals surface area (Å²) in [4.78, 5) is 37.8. The van der Waals surface area contributed by atoms with Crippen molar-refractivity contribution in [3.05, 3.63) is 41.6 Å². The first-order valence-corrected chi connectivity index (χ1v) is 17.4. The van der Waals surface area contributed by atoms with E-state index < -0.39 is 29.5 Å². The number of amides is 2. The Bertz CT molecular complexity index is 1920. The average Bonchev–Trinajstić information content (AvgIpc) is 3.66. The summed E-state index contributed by atoms with van der Waals surface area (Å²) in [5, 5.41) is 15.2. The van der Waals surface area contributed by atoms with Gasteiger partial charge in [0.1, 0.15) is 34.3 Å². The second kappa shape index (κ2) is 12.3. The normalized spacial score (nSPS) is 21.4. The smallest absolute Gasteiger partial charge is 0.407 e. The van der Waals surface area contributed by atoms with E-state index in [-0.39, 0.29) is 31.3 Å². The Morgan fingerprint density at radius 2 is 1.82 bits per heavy atom. The lowest BCUT2D eigenvalue weighted by Gasteiger charge is -2.38. The summed E-state index contributed by atoms with van der Waals surface area (Å²) < 4.78 is 30.3. The summed E-state index contributed by atoms with van der Waals surface area (Å²) in [6, 6.07) is 8.89. The number of aromatic nitrogens is 4. The maximum Gasteiger partial charge on any atom is 0.407 e. The molecule has 1 saturated heterocycles. The molecule has 0 radical (unpaired) electrons. The minimum absolute atomic E-state index is 0.0803. The summed E-state index contributed by atoms with van der Waals surface area (Å²) in [7, 11) is 3.48. The van der Waals surface area contributed by atoms with E-state index in [4.69, 9.17) is 19.4 Å². The summed E-state index contributed by atoms with van der Waals surface area (Å²) >= 11 is 0. The number of nitrogens with zero attached hydrogens (tertiary/aromatic N) is 5. The van der Waals surface area contributed by atoms with Crippen LogP contribution in [0.3, 0.4) is 0 Å². The van der Waals surface area contributed by atoms with Crippen molar-refractivity contribution < 1.29 is 28.6 Å². The van der Waals surface area contributed by atoms with E-state index in [1.807, 2.05) is 30.7 Å². The number of imidazole rings is 1. The van der Waals surface area contributed by atoms with E-state index >= 15 is 0 Å². The third-order valence-electron chi connectivity index (χ3n) is 10.3. The highest BCUT2D eigenvalue weighted by Crippen LogP contribution is 2.43. The number of ether oxygens (including phenoxy) is 2. The van der Waals surface area contributed by atoms with E-state index in [1.54, 1.807) is 40.0 Å². The van der Waals surface area contributed by atoms with Gasteiger partial charge < -0.3 is 33.9 Å². The van der Waals surface area contributed by atoms with Gasteiger partial charge in [-0.25, -0.2) is 19.2 Å². The first-order chi connectivity index (χ1) is 23.2. The lowest BCUT2D eigenvalue weighted by molar-refractivity contribution is -0.0432. The number of rotatable bonds is 8. The molecule has 2 N–H and O–H groups in total. The Kier molecular flexibility index (Phi) is 8.36. The lowest BCUT2D eigenvalue weighted by Crippen LogP contribution is -2.54. The van der Waals surface area contributed by atoms with Gasteiger partial charge in [0.05, 0.1) is 36.6 Å². The van der Waals surface area contributed by atoms with E-state index in [9.17, 15) is 19.1 Å². The topological polar surface area (TPSA) is 124 Å². The Hall–Kier alpha value is -4.19. The maximum absolute atomic E-state index is 14.9. The monoisotopic (exact) mass is 674 g/mol. The number of pyridine rings is 1. The number of benzene rings is 1. The van der Waals surface area contributed by atoms with Gasteiger partial charge in [0.25, 0.3) is 5.91 Å². The number of hydrogen-bond donors (Lipinski definition) is 2. The number of aryl methyl sites for hydroxylation is 1. The fourth-order valence-electron chi connectivity index (χ4n) is 7.30. The van der Waals surface area contributed by atoms with Crippen molar-refractivity contribution in [1.29, 1.82) is 0 Å². The fourth-order valence-corrected chi connectivity index (χ4v) is 7.30.